The number of para-hydroxylation sites is 2. The average molecular weight is 218 g/mol. The van der Waals surface area contributed by atoms with Gasteiger partial charge >= 0.3 is 0 Å². The second-order valence-electron chi connectivity index (χ2n) is 3.94. The van der Waals surface area contributed by atoms with Crippen molar-refractivity contribution in [1.29, 1.82) is 0 Å². The van der Waals surface area contributed by atoms with E-state index in [9.17, 15) is 0 Å². The van der Waals surface area contributed by atoms with Crippen LogP contribution in [0.2, 0.25) is 0 Å². The van der Waals surface area contributed by atoms with E-state index in [1.807, 2.05) is 38.1 Å². The molecule has 0 heterocycles. The topological polar surface area (TPSA) is 18.5 Å². The van der Waals surface area contributed by atoms with Crippen molar-refractivity contribution in [1.82, 2.24) is 0 Å². The van der Waals surface area contributed by atoms with E-state index in [0.29, 0.717) is 13.2 Å². The molecule has 0 spiro atoms. The highest BCUT2D eigenvalue weighted by Crippen LogP contribution is 2.26. The van der Waals surface area contributed by atoms with Crippen LogP contribution in [0.15, 0.2) is 48.6 Å². The van der Waals surface area contributed by atoms with Gasteiger partial charge in [-0.3, -0.25) is 0 Å². The molecule has 0 bridgehead atoms. The van der Waals surface area contributed by atoms with E-state index in [1.54, 1.807) is 0 Å². The SMILES string of the molecule is C=C(C)COc1ccccc1OCC(=C)C. The maximum atomic E-state index is 5.58. The number of benzene rings is 1. The lowest BCUT2D eigenvalue weighted by Crippen LogP contribution is -2.02. The van der Waals surface area contributed by atoms with E-state index in [4.69, 9.17) is 9.47 Å². The van der Waals surface area contributed by atoms with Crippen LogP contribution in [0.25, 0.3) is 0 Å². The fraction of sp³-hybridized carbons (Fsp3) is 0.286. The Morgan fingerprint density at radius 3 is 1.62 bits per heavy atom. The summed E-state index contributed by atoms with van der Waals surface area (Å²) in [4.78, 5) is 0. The van der Waals surface area contributed by atoms with Crippen LogP contribution in [0, 0.1) is 0 Å². The van der Waals surface area contributed by atoms with Gasteiger partial charge in [0, 0.05) is 0 Å². The van der Waals surface area contributed by atoms with E-state index in [2.05, 4.69) is 13.2 Å². The minimum atomic E-state index is 0.507. The van der Waals surface area contributed by atoms with Gasteiger partial charge in [0.05, 0.1) is 0 Å². The third-order valence-electron chi connectivity index (χ3n) is 1.80. The molecule has 0 saturated carbocycles. The Hall–Kier alpha value is -1.70. The van der Waals surface area contributed by atoms with Gasteiger partial charge in [0.15, 0.2) is 11.5 Å². The number of ether oxygens (including phenoxy) is 2. The molecular weight excluding hydrogens is 200 g/mol. The number of hydrogen-bond donors (Lipinski definition) is 0. The second kappa shape index (κ2) is 6.01. The molecule has 1 aromatic carbocycles. The molecule has 86 valence electrons. The molecule has 0 saturated heterocycles. The van der Waals surface area contributed by atoms with Gasteiger partial charge in [-0.25, -0.2) is 0 Å². The van der Waals surface area contributed by atoms with Crippen LogP contribution in [0.5, 0.6) is 11.5 Å². The molecule has 0 unspecified atom stereocenters. The summed E-state index contributed by atoms with van der Waals surface area (Å²) in [6.07, 6.45) is 0. The van der Waals surface area contributed by atoms with Crippen molar-refractivity contribution in [2.24, 2.45) is 0 Å². The van der Waals surface area contributed by atoms with Crippen molar-refractivity contribution in [3.05, 3.63) is 48.6 Å². The molecule has 1 rings (SSSR count). The maximum Gasteiger partial charge on any atom is 0.161 e. The van der Waals surface area contributed by atoms with Crippen LogP contribution in [-0.4, -0.2) is 13.2 Å². The Morgan fingerprint density at radius 2 is 1.31 bits per heavy atom. The summed E-state index contributed by atoms with van der Waals surface area (Å²) in [5, 5.41) is 0. The van der Waals surface area contributed by atoms with E-state index in [-0.39, 0.29) is 0 Å². The van der Waals surface area contributed by atoms with E-state index >= 15 is 0 Å². The van der Waals surface area contributed by atoms with Gasteiger partial charge in [-0.15, -0.1) is 0 Å². The third kappa shape index (κ3) is 4.22. The Labute approximate surface area is 97.2 Å². The van der Waals surface area contributed by atoms with Crippen molar-refractivity contribution in [3.8, 4) is 11.5 Å². The fourth-order valence-corrected chi connectivity index (χ4v) is 1.09. The van der Waals surface area contributed by atoms with Crippen molar-refractivity contribution < 1.29 is 9.47 Å². The summed E-state index contributed by atoms with van der Waals surface area (Å²) >= 11 is 0. The van der Waals surface area contributed by atoms with Crippen LogP contribution in [0.4, 0.5) is 0 Å². The molecular formula is C14H18O2. The minimum Gasteiger partial charge on any atom is -0.485 e. The molecule has 2 nitrogen and oxygen atoms in total. The highest BCUT2D eigenvalue weighted by Gasteiger charge is 2.03. The van der Waals surface area contributed by atoms with Crippen LogP contribution in [0.3, 0.4) is 0 Å². The van der Waals surface area contributed by atoms with Gasteiger partial charge < -0.3 is 9.47 Å². The molecule has 16 heavy (non-hydrogen) atoms. The lowest BCUT2D eigenvalue weighted by atomic mass is 10.3. The molecule has 0 fully saturated rings. The number of hydrogen-bond acceptors (Lipinski definition) is 2. The molecule has 0 aliphatic carbocycles. The molecule has 1 aromatic rings. The Morgan fingerprint density at radius 1 is 0.938 bits per heavy atom. The van der Waals surface area contributed by atoms with Crippen molar-refractivity contribution in [2.75, 3.05) is 13.2 Å². The first-order valence-corrected chi connectivity index (χ1v) is 5.23. The van der Waals surface area contributed by atoms with Crippen LogP contribution in [-0.2, 0) is 0 Å². The van der Waals surface area contributed by atoms with E-state index in [0.717, 1.165) is 22.6 Å². The summed E-state index contributed by atoms with van der Waals surface area (Å²) in [6, 6.07) is 7.61. The Bertz CT molecular complexity index is 343. The summed E-state index contributed by atoms with van der Waals surface area (Å²) < 4.78 is 11.2. The van der Waals surface area contributed by atoms with E-state index in [1.165, 1.54) is 0 Å². The van der Waals surface area contributed by atoms with Crippen LogP contribution in [0.1, 0.15) is 13.8 Å². The first kappa shape index (κ1) is 12.4. The predicted octanol–water partition coefficient (Wildman–Crippen LogP) is 3.60. The summed E-state index contributed by atoms with van der Waals surface area (Å²) in [6.45, 7) is 12.5. The quantitative estimate of drug-likeness (QED) is 0.679. The van der Waals surface area contributed by atoms with Gasteiger partial charge in [-0.05, 0) is 37.1 Å². The smallest absolute Gasteiger partial charge is 0.161 e. The lowest BCUT2D eigenvalue weighted by molar-refractivity contribution is 0.299. The molecule has 0 aliphatic heterocycles. The molecule has 0 atom stereocenters. The fourth-order valence-electron chi connectivity index (χ4n) is 1.09. The largest absolute Gasteiger partial charge is 0.485 e. The highest BCUT2D eigenvalue weighted by atomic mass is 16.5. The summed E-state index contributed by atoms with van der Waals surface area (Å²) in [5.41, 5.74) is 1.96. The van der Waals surface area contributed by atoms with Gasteiger partial charge in [-0.1, -0.05) is 25.3 Å². The molecule has 0 radical (unpaired) electrons. The molecule has 0 aliphatic rings. The average Bonchev–Trinajstić information content (AvgIpc) is 2.24. The predicted molar refractivity (Wildman–Crippen MR) is 67.1 cm³/mol. The van der Waals surface area contributed by atoms with Gasteiger partial charge in [-0.2, -0.15) is 0 Å². The summed E-state index contributed by atoms with van der Waals surface area (Å²) in [7, 11) is 0. The number of rotatable bonds is 6. The van der Waals surface area contributed by atoms with Crippen molar-refractivity contribution in [2.45, 2.75) is 13.8 Å². The molecule has 2 heteroatoms. The zero-order chi connectivity index (χ0) is 12.0. The monoisotopic (exact) mass is 218 g/mol. The normalized spacial score (nSPS) is 9.62. The first-order valence-electron chi connectivity index (χ1n) is 5.23. The highest BCUT2D eigenvalue weighted by molar-refractivity contribution is 5.39. The zero-order valence-electron chi connectivity index (χ0n) is 9.95. The standard InChI is InChI=1S/C14H18O2/c1-11(2)9-15-13-7-5-6-8-14(13)16-10-12(3)4/h5-8H,1,3,9-10H2,2,4H3. The second-order valence-corrected chi connectivity index (χ2v) is 3.94. The van der Waals surface area contributed by atoms with Crippen LogP contribution >= 0.6 is 0 Å². The first-order chi connectivity index (χ1) is 7.59. The van der Waals surface area contributed by atoms with Gasteiger partial charge in [0.2, 0.25) is 0 Å². The molecule has 0 aromatic heterocycles. The van der Waals surface area contributed by atoms with Crippen LogP contribution < -0.4 is 9.47 Å². The lowest BCUT2D eigenvalue weighted by Gasteiger charge is -2.12. The van der Waals surface area contributed by atoms with Crippen molar-refractivity contribution >= 4 is 0 Å². The zero-order valence-corrected chi connectivity index (χ0v) is 9.95. The van der Waals surface area contributed by atoms with Gasteiger partial charge in [0.25, 0.3) is 0 Å². The maximum absolute atomic E-state index is 5.58. The Balaban J connectivity index is 2.67. The van der Waals surface area contributed by atoms with Crippen molar-refractivity contribution in [3.63, 3.8) is 0 Å². The van der Waals surface area contributed by atoms with Gasteiger partial charge in [0.1, 0.15) is 13.2 Å². The Kier molecular flexibility index (Phi) is 4.65. The molecule has 0 N–H and O–H groups in total. The molecule has 0 amide bonds. The van der Waals surface area contributed by atoms with E-state index < -0.39 is 0 Å². The minimum absolute atomic E-state index is 0.507. The summed E-state index contributed by atoms with van der Waals surface area (Å²) in [5.74, 6) is 1.48. The third-order valence-corrected chi connectivity index (χ3v) is 1.80.